The fraction of sp³-hybridized carbons (Fsp3) is 0.478. The molecule has 1 aliphatic rings. The van der Waals surface area contributed by atoms with Gasteiger partial charge in [0.05, 0.1) is 7.11 Å². The molecule has 2 aromatic carbocycles. The molecule has 0 bridgehead atoms. The molecule has 1 fully saturated rings. The molecule has 0 aromatic heterocycles. The van der Waals surface area contributed by atoms with Gasteiger partial charge in [0.1, 0.15) is 6.61 Å². The molecule has 1 aliphatic carbocycles. The predicted octanol–water partition coefficient (Wildman–Crippen LogP) is 6.78. The average Bonchev–Trinajstić information content (AvgIpc) is 2.67. The van der Waals surface area contributed by atoms with Crippen molar-refractivity contribution in [3.63, 3.8) is 0 Å². The van der Waals surface area contributed by atoms with Crippen molar-refractivity contribution in [1.82, 2.24) is 5.32 Å². The first kappa shape index (κ1) is 21.3. The Bertz CT molecular complexity index is 738. The average molecular weight is 422 g/mol. The molecular weight excluding hydrogens is 393 g/mol. The third-order valence-corrected chi connectivity index (χ3v) is 6.10. The normalized spacial score (nSPS) is 15.7. The molecule has 152 valence electrons. The quantitative estimate of drug-likeness (QED) is 0.533. The number of hydrogen-bond acceptors (Lipinski definition) is 3. The van der Waals surface area contributed by atoms with Gasteiger partial charge in [0, 0.05) is 33.8 Å². The molecule has 0 amide bonds. The van der Waals surface area contributed by atoms with Gasteiger partial charge in [-0.15, -0.1) is 0 Å². The molecule has 3 rings (SSSR count). The van der Waals surface area contributed by atoms with E-state index in [4.69, 9.17) is 32.7 Å². The van der Waals surface area contributed by atoms with Crippen molar-refractivity contribution in [3.8, 4) is 11.5 Å². The summed E-state index contributed by atoms with van der Waals surface area (Å²) in [6, 6.07) is 12.1. The van der Waals surface area contributed by atoms with Crippen LogP contribution < -0.4 is 14.8 Å². The largest absolute Gasteiger partial charge is 0.493 e. The smallest absolute Gasteiger partial charge is 0.166 e. The van der Waals surface area contributed by atoms with Gasteiger partial charge < -0.3 is 14.8 Å². The van der Waals surface area contributed by atoms with E-state index in [0.29, 0.717) is 22.7 Å². The summed E-state index contributed by atoms with van der Waals surface area (Å²) < 4.78 is 11.7. The summed E-state index contributed by atoms with van der Waals surface area (Å²) in [4.78, 5) is 0. The third-order valence-electron chi connectivity index (χ3n) is 5.39. The lowest BCUT2D eigenvalue weighted by Gasteiger charge is -2.22. The zero-order chi connectivity index (χ0) is 19.8. The Morgan fingerprint density at radius 3 is 2.25 bits per heavy atom. The maximum Gasteiger partial charge on any atom is 0.166 e. The molecule has 28 heavy (non-hydrogen) atoms. The number of rotatable bonds is 7. The van der Waals surface area contributed by atoms with Crippen LogP contribution in [0.2, 0.25) is 10.0 Å². The van der Waals surface area contributed by atoms with Crippen LogP contribution in [0.3, 0.4) is 0 Å². The van der Waals surface area contributed by atoms with Crippen LogP contribution in [0.25, 0.3) is 0 Å². The molecule has 0 heterocycles. The van der Waals surface area contributed by atoms with E-state index in [0.717, 1.165) is 29.2 Å². The summed E-state index contributed by atoms with van der Waals surface area (Å²) >= 11 is 12.6. The van der Waals surface area contributed by atoms with Gasteiger partial charge in [-0.3, -0.25) is 0 Å². The number of para-hydroxylation sites is 1. The van der Waals surface area contributed by atoms with Gasteiger partial charge in [0.25, 0.3) is 0 Å². The van der Waals surface area contributed by atoms with Crippen LogP contribution in [0.5, 0.6) is 11.5 Å². The van der Waals surface area contributed by atoms with Crippen LogP contribution in [-0.4, -0.2) is 13.2 Å². The molecule has 0 radical (unpaired) electrons. The van der Waals surface area contributed by atoms with E-state index < -0.39 is 0 Å². The number of benzene rings is 2. The Balaban J connectivity index is 1.71. The van der Waals surface area contributed by atoms with E-state index >= 15 is 0 Å². The number of hydrogen-bond donors (Lipinski definition) is 1. The minimum absolute atomic E-state index is 0.301. The Morgan fingerprint density at radius 1 is 0.929 bits per heavy atom. The first-order valence-corrected chi connectivity index (χ1v) is 10.9. The van der Waals surface area contributed by atoms with E-state index in [1.54, 1.807) is 7.11 Å². The van der Waals surface area contributed by atoms with Gasteiger partial charge in [0.15, 0.2) is 11.5 Å². The van der Waals surface area contributed by atoms with Crippen LogP contribution in [0.4, 0.5) is 0 Å². The van der Waals surface area contributed by atoms with Crippen LogP contribution in [0.1, 0.15) is 56.1 Å². The van der Waals surface area contributed by atoms with Gasteiger partial charge in [-0.05, 0) is 31.0 Å². The number of nitrogens with one attached hydrogen (secondary N) is 1. The lowest BCUT2D eigenvalue weighted by atomic mass is 9.96. The SMILES string of the molecule is COc1cccc(CNC2CCCCCCC2)c1OCc1c(Cl)cccc1Cl. The summed E-state index contributed by atoms with van der Waals surface area (Å²) in [5.74, 6) is 1.47. The molecular formula is C23H29Cl2NO2. The Kier molecular flexibility index (Phi) is 8.32. The van der Waals surface area contributed by atoms with Gasteiger partial charge in [-0.2, -0.15) is 0 Å². The zero-order valence-electron chi connectivity index (χ0n) is 16.5. The van der Waals surface area contributed by atoms with Crippen LogP contribution in [0.15, 0.2) is 36.4 Å². The highest BCUT2D eigenvalue weighted by atomic mass is 35.5. The first-order chi connectivity index (χ1) is 13.7. The third kappa shape index (κ3) is 5.79. The fourth-order valence-electron chi connectivity index (χ4n) is 3.75. The van der Waals surface area contributed by atoms with Crippen molar-refractivity contribution in [2.75, 3.05) is 7.11 Å². The minimum atomic E-state index is 0.301. The molecule has 1 saturated carbocycles. The lowest BCUT2D eigenvalue weighted by Crippen LogP contribution is -2.29. The maximum absolute atomic E-state index is 6.29. The molecule has 0 saturated heterocycles. The highest BCUT2D eigenvalue weighted by Gasteiger charge is 2.16. The molecule has 1 N–H and O–H groups in total. The second-order valence-electron chi connectivity index (χ2n) is 7.36. The van der Waals surface area contributed by atoms with E-state index in [-0.39, 0.29) is 0 Å². The number of halogens is 2. The highest BCUT2D eigenvalue weighted by Crippen LogP contribution is 2.34. The van der Waals surface area contributed by atoms with Gasteiger partial charge >= 0.3 is 0 Å². The molecule has 0 spiro atoms. The molecule has 0 aliphatic heterocycles. The summed E-state index contributed by atoms with van der Waals surface area (Å²) in [5.41, 5.74) is 1.88. The second kappa shape index (κ2) is 10.9. The van der Waals surface area contributed by atoms with Crippen LogP contribution in [-0.2, 0) is 13.2 Å². The summed E-state index contributed by atoms with van der Waals surface area (Å²) in [6.45, 7) is 1.06. The fourth-order valence-corrected chi connectivity index (χ4v) is 4.26. The standard InChI is InChI=1S/C23H29Cl2NO2/c1-27-22-14-7-9-17(15-26-18-10-5-3-2-4-6-11-18)23(22)28-16-19-20(24)12-8-13-21(19)25/h7-9,12-14,18,26H,2-6,10-11,15-16H2,1H3. The number of methoxy groups -OCH3 is 1. The van der Waals surface area contributed by atoms with Crippen molar-refractivity contribution < 1.29 is 9.47 Å². The van der Waals surface area contributed by atoms with E-state index in [2.05, 4.69) is 11.4 Å². The second-order valence-corrected chi connectivity index (χ2v) is 8.17. The molecule has 0 unspecified atom stereocenters. The van der Waals surface area contributed by atoms with Gasteiger partial charge in [-0.1, -0.05) is 73.5 Å². The number of ether oxygens (including phenoxy) is 2. The van der Waals surface area contributed by atoms with E-state index in [1.165, 1.54) is 44.9 Å². The van der Waals surface area contributed by atoms with E-state index in [1.807, 2.05) is 30.3 Å². The van der Waals surface area contributed by atoms with Crippen molar-refractivity contribution in [3.05, 3.63) is 57.6 Å². The van der Waals surface area contributed by atoms with E-state index in [9.17, 15) is 0 Å². The maximum atomic E-state index is 6.29. The van der Waals surface area contributed by atoms with Gasteiger partial charge in [0.2, 0.25) is 0 Å². The summed E-state index contributed by atoms with van der Waals surface area (Å²) in [5, 5.41) is 4.95. The summed E-state index contributed by atoms with van der Waals surface area (Å²) in [6.07, 6.45) is 9.19. The van der Waals surface area contributed by atoms with Crippen molar-refractivity contribution in [2.24, 2.45) is 0 Å². The van der Waals surface area contributed by atoms with Crippen LogP contribution >= 0.6 is 23.2 Å². The minimum Gasteiger partial charge on any atom is -0.493 e. The Hall–Kier alpha value is -1.42. The van der Waals surface area contributed by atoms with Crippen molar-refractivity contribution in [1.29, 1.82) is 0 Å². The summed E-state index contributed by atoms with van der Waals surface area (Å²) in [7, 11) is 1.66. The Morgan fingerprint density at radius 2 is 1.57 bits per heavy atom. The molecule has 3 nitrogen and oxygen atoms in total. The predicted molar refractivity (Wildman–Crippen MR) is 117 cm³/mol. The molecule has 5 heteroatoms. The lowest BCUT2D eigenvalue weighted by molar-refractivity contribution is 0.279. The Labute approximate surface area is 178 Å². The molecule has 0 atom stereocenters. The highest BCUT2D eigenvalue weighted by molar-refractivity contribution is 6.35. The zero-order valence-corrected chi connectivity index (χ0v) is 18.0. The monoisotopic (exact) mass is 421 g/mol. The van der Waals surface area contributed by atoms with Gasteiger partial charge in [-0.25, -0.2) is 0 Å². The van der Waals surface area contributed by atoms with Crippen molar-refractivity contribution in [2.45, 2.75) is 64.1 Å². The molecule has 2 aromatic rings. The van der Waals surface area contributed by atoms with Crippen LogP contribution in [0, 0.1) is 0 Å². The van der Waals surface area contributed by atoms with Crippen molar-refractivity contribution >= 4 is 23.2 Å². The first-order valence-electron chi connectivity index (χ1n) is 10.1. The topological polar surface area (TPSA) is 30.5 Å².